The van der Waals surface area contributed by atoms with Gasteiger partial charge in [-0.15, -0.1) is 0 Å². The summed E-state index contributed by atoms with van der Waals surface area (Å²) in [5.74, 6) is 1.92. The largest absolute Gasteiger partial charge is 0.352 e. The molecule has 3 saturated carbocycles. The lowest BCUT2D eigenvalue weighted by Crippen LogP contribution is -2.65. The van der Waals surface area contributed by atoms with E-state index in [1.807, 2.05) is 6.07 Å². The molecule has 2 aromatic rings. The highest BCUT2D eigenvalue weighted by Crippen LogP contribution is 2.75. The third-order valence-electron chi connectivity index (χ3n) is 14.5. The molecule has 42 heavy (non-hydrogen) atoms. The normalized spacial score (nSPS) is 41.2. The first-order valence-electron chi connectivity index (χ1n) is 16.8. The van der Waals surface area contributed by atoms with Gasteiger partial charge in [0.2, 0.25) is 5.91 Å². The summed E-state index contributed by atoms with van der Waals surface area (Å²) in [7, 11) is 0. The number of aromatic nitrogens is 2. The molecular formula is C38H53N3O. The first-order valence-corrected chi connectivity index (χ1v) is 16.8. The number of allylic oxidation sites excluding steroid dienone is 2. The monoisotopic (exact) mass is 567 g/mol. The fourth-order valence-electron chi connectivity index (χ4n) is 12.0. The molecule has 1 aromatic heterocycles. The van der Waals surface area contributed by atoms with Gasteiger partial charge in [-0.3, -0.25) is 9.89 Å². The van der Waals surface area contributed by atoms with Gasteiger partial charge in [0, 0.05) is 17.7 Å². The van der Waals surface area contributed by atoms with E-state index >= 15 is 0 Å². The molecule has 1 aromatic carbocycles. The number of carbonyl (C=O) groups is 1. The highest BCUT2D eigenvalue weighted by atomic mass is 16.2. The Bertz CT molecular complexity index is 1420. The third kappa shape index (κ3) is 3.71. The summed E-state index contributed by atoms with van der Waals surface area (Å²) in [5, 5.41) is 11.4. The van der Waals surface area contributed by atoms with Gasteiger partial charge in [-0.05, 0) is 108 Å². The van der Waals surface area contributed by atoms with Crippen LogP contribution in [0.25, 0.3) is 0 Å². The van der Waals surface area contributed by atoms with E-state index in [1.54, 1.807) is 5.57 Å². The second-order valence-corrected chi connectivity index (χ2v) is 17.2. The highest BCUT2D eigenvalue weighted by Gasteiger charge is 2.69. The van der Waals surface area contributed by atoms with Crippen LogP contribution < -0.4 is 5.32 Å². The van der Waals surface area contributed by atoms with E-state index in [9.17, 15) is 4.79 Å². The Balaban J connectivity index is 1.26. The molecule has 3 fully saturated rings. The van der Waals surface area contributed by atoms with Crippen LogP contribution in [0.5, 0.6) is 0 Å². The minimum absolute atomic E-state index is 0.108. The van der Waals surface area contributed by atoms with Crippen molar-refractivity contribution in [3.8, 4) is 0 Å². The van der Waals surface area contributed by atoms with Crippen LogP contribution in [0.15, 0.2) is 48.2 Å². The maximum Gasteiger partial charge on any atom is 0.227 e. The van der Waals surface area contributed by atoms with Crippen LogP contribution in [0.4, 0.5) is 0 Å². The molecule has 1 heterocycles. The summed E-state index contributed by atoms with van der Waals surface area (Å²) >= 11 is 0. The highest BCUT2D eigenvalue weighted by molar-refractivity contribution is 5.84. The van der Waals surface area contributed by atoms with Crippen molar-refractivity contribution < 1.29 is 4.79 Å². The van der Waals surface area contributed by atoms with Crippen molar-refractivity contribution in [2.45, 2.75) is 118 Å². The van der Waals surface area contributed by atoms with Crippen LogP contribution in [0.2, 0.25) is 0 Å². The lowest BCUT2D eigenvalue weighted by atomic mass is 9.33. The van der Waals surface area contributed by atoms with Crippen molar-refractivity contribution >= 4 is 5.91 Å². The van der Waals surface area contributed by atoms with Gasteiger partial charge in [0.25, 0.3) is 0 Å². The molecule has 5 aliphatic rings. The molecule has 7 atom stereocenters. The van der Waals surface area contributed by atoms with E-state index in [0.717, 1.165) is 44.9 Å². The Hall–Kier alpha value is -2.36. The van der Waals surface area contributed by atoms with Crippen molar-refractivity contribution in [1.82, 2.24) is 15.5 Å². The molecule has 4 nitrogen and oxygen atoms in total. The van der Waals surface area contributed by atoms with Crippen molar-refractivity contribution in [2.24, 2.45) is 44.8 Å². The Labute approximate surface area is 253 Å². The van der Waals surface area contributed by atoms with Gasteiger partial charge < -0.3 is 5.32 Å². The molecule has 1 unspecified atom stereocenters. The second kappa shape index (κ2) is 9.08. The summed E-state index contributed by atoms with van der Waals surface area (Å²) in [5.41, 5.74) is 6.34. The molecule has 4 heteroatoms. The molecule has 226 valence electrons. The van der Waals surface area contributed by atoms with Gasteiger partial charge in [-0.1, -0.05) is 90.4 Å². The first-order chi connectivity index (χ1) is 19.8. The predicted molar refractivity (Wildman–Crippen MR) is 170 cm³/mol. The SMILES string of the molecule is CC1(C)CC[C@]2(C(=O)NCc3ccccc3)CC[C@]3(C)C(=CC[C@@H]4[C@@]5(C)Cc6cn[nH]c6C(C)(C)C5CC[C@]43C)[C@@H]2C1. The van der Waals surface area contributed by atoms with E-state index in [2.05, 4.69) is 101 Å². The van der Waals surface area contributed by atoms with Crippen LogP contribution in [-0.4, -0.2) is 16.1 Å². The van der Waals surface area contributed by atoms with Crippen LogP contribution >= 0.6 is 0 Å². The zero-order valence-electron chi connectivity index (χ0n) is 27.2. The molecule has 0 saturated heterocycles. The summed E-state index contributed by atoms with van der Waals surface area (Å²) in [6, 6.07) is 10.4. The third-order valence-corrected chi connectivity index (χ3v) is 14.5. The standard InChI is InChI=1S/C38H53N3O/c1-33(2)17-19-38(32(42)39-23-25-11-9-8-10-12-25)20-18-36(6)27(28(38)22-33)13-14-30-35(5)21-26-24-40-41-31(26)34(3,4)29(35)15-16-37(30,36)7/h8-13,24,28-30H,14-23H2,1-7H3,(H,39,42)(H,40,41)/t28-,29?,30+,35-,36+,37+,38-/m0/s1. The maximum absolute atomic E-state index is 14.3. The molecular weight excluding hydrogens is 514 g/mol. The molecule has 2 N–H and O–H groups in total. The van der Waals surface area contributed by atoms with E-state index < -0.39 is 0 Å². The Kier molecular flexibility index (Phi) is 6.14. The molecule has 1 amide bonds. The van der Waals surface area contributed by atoms with Gasteiger partial charge in [0.05, 0.1) is 11.6 Å². The second-order valence-electron chi connectivity index (χ2n) is 17.2. The smallest absolute Gasteiger partial charge is 0.227 e. The molecule has 0 spiro atoms. The lowest BCUT2D eigenvalue weighted by molar-refractivity contribution is -0.167. The molecule has 7 rings (SSSR count). The quantitative estimate of drug-likeness (QED) is 0.365. The number of hydrogen-bond acceptors (Lipinski definition) is 2. The zero-order valence-corrected chi connectivity index (χ0v) is 27.2. The van der Waals surface area contributed by atoms with Crippen LogP contribution in [0.3, 0.4) is 0 Å². The Morgan fingerprint density at radius 2 is 1.69 bits per heavy atom. The summed E-state index contributed by atoms with van der Waals surface area (Å²) in [6.07, 6.45) is 15.1. The van der Waals surface area contributed by atoms with Gasteiger partial charge in [-0.25, -0.2) is 0 Å². The fraction of sp³-hybridized carbons (Fsp3) is 0.684. The number of fused-ring (bicyclic) bond motifs is 8. The number of benzene rings is 1. The van der Waals surface area contributed by atoms with Crippen molar-refractivity contribution in [3.63, 3.8) is 0 Å². The summed E-state index contributed by atoms with van der Waals surface area (Å²) < 4.78 is 0. The van der Waals surface area contributed by atoms with Crippen molar-refractivity contribution in [2.75, 3.05) is 0 Å². The average Bonchev–Trinajstić information content (AvgIpc) is 3.41. The summed E-state index contributed by atoms with van der Waals surface area (Å²) in [4.78, 5) is 14.3. The molecule has 0 aliphatic heterocycles. The number of H-pyrrole nitrogens is 1. The minimum Gasteiger partial charge on any atom is -0.352 e. The van der Waals surface area contributed by atoms with E-state index in [1.165, 1.54) is 29.7 Å². The minimum atomic E-state index is -0.279. The number of nitrogens with zero attached hydrogens (tertiary/aromatic N) is 1. The number of carbonyl (C=O) groups excluding carboxylic acids is 1. The Morgan fingerprint density at radius 3 is 2.45 bits per heavy atom. The average molecular weight is 568 g/mol. The van der Waals surface area contributed by atoms with E-state index in [4.69, 9.17) is 0 Å². The number of hydrogen-bond donors (Lipinski definition) is 2. The molecule has 0 bridgehead atoms. The topological polar surface area (TPSA) is 57.8 Å². The van der Waals surface area contributed by atoms with E-state index in [0.29, 0.717) is 30.2 Å². The number of amides is 1. The van der Waals surface area contributed by atoms with Crippen LogP contribution in [0.1, 0.15) is 117 Å². The number of aromatic amines is 1. The van der Waals surface area contributed by atoms with Crippen LogP contribution in [-0.2, 0) is 23.2 Å². The fourth-order valence-corrected chi connectivity index (χ4v) is 12.0. The van der Waals surface area contributed by atoms with Crippen molar-refractivity contribution in [3.05, 3.63) is 65.0 Å². The van der Waals surface area contributed by atoms with Gasteiger partial charge >= 0.3 is 0 Å². The van der Waals surface area contributed by atoms with E-state index in [-0.39, 0.29) is 32.5 Å². The maximum atomic E-state index is 14.3. The van der Waals surface area contributed by atoms with Gasteiger partial charge in [0.1, 0.15) is 0 Å². The number of rotatable bonds is 3. The molecule has 0 radical (unpaired) electrons. The van der Waals surface area contributed by atoms with Gasteiger partial charge in [-0.2, -0.15) is 5.10 Å². The van der Waals surface area contributed by atoms with Crippen LogP contribution in [0, 0.1) is 44.8 Å². The predicted octanol–water partition coefficient (Wildman–Crippen LogP) is 8.54. The Morgan fingerprint density at radius 1 is 0.952 bits per heavy atom. The van der Waals surface area contributed by atoms with Gasteiger partial charge in [0.15, 0.2) is 0 Å². The first kappa shape index (κ1) is 28.4. The van der Waals surface area contributed by atoms with Crippen molar-refractivity contribution in [1.29, 1.82) is 0 Å². The number of nitrogens with one attached hydrogen (secondary N) is 2. The lowest BCUT2D eigenvalue weighted by Gasteiger charge is -2.70. The molecule has 5 aliphatic carbocycles. The summed E-state index contributed by atoms with van der Waals surface area (Å²) in [6.45, 7) is 18.4. The zero-order chi connectivity index (χ0) is 29.8.